The van der Waals surface area contributed by atoms with Crippen LogP contribution < -0.4 is 5.73 Å². The van der Waals surface area contributed by atoms with Crippen LogP contribution in [-0.4, -0.2) is 43.2 Å². The van der Waals surface area contributed by atoms with E-state index in [2.05, 4.69) is 13.8 Å². The van der Waals surface area contributed by atoms with Crippen LogP contribution in [0, 0.1) is 5.92 Å². The van der Waals surface area contributed by atoms with E-state index in [0.717, 1.165) is 32.2 Å². The van der Waals surface area contributed by atoms with Crippen LogP contribution >= 0.6 is 12.4 Å². The highest BCUT2D eigenvalue weighted by molar-refractivity contribution is 5.85. The van der Waals surface area contributed by atoms with E-state index in [1.54, 1.807) is 0 Å². The van der Waals surface area contributed by atoms with Gasteiger partial charge in [-0.3, -0.25) is 4.79 Å². The Morgan fingerprint density at radius 3 is 2.78 bits per heavy atom. The maximum absolute atomic E-state index is 12.3. The molecule has 1 rings (SSSR count). The van der Waals surface area contributed by atoms with Gasteiger partial charge in [0.1, 0.15) is 0 Å². The molecule has 1 amide bonds. The molecular weight excluding hydrogens is 252 g/mol. The summed E-state index contributed by atoms with van der Waals surface area (Å²) in [5.74, 6) is 0.481. The van der Waals surface area contributed by atoms with Gasteiger partial charge in [-0.15, -0.1) is 12.4 Å². The lowest BCUT2D eigenvalue weighted by Gasteiger charge is -2.34. The fourth-order valence-corrected chi connectivity index (χ4v) is 2.27. The molecule has 2 unspecified atom stereocenters. The SMILES string of the molecule is CCCCC(CC)C(=O)N1CCOC(CN)C1.Cl. The molecule has 2 N–H and O–H groups in total. The van der Waals surface area contributed by atoms with Crippen molar-refractivity contribution in [2.45, 2.75) is 45.6 Å². The zero-order chi connectivity index (χ0) is 12.7. The summed E-state index contributed by atoms with van der Waals surface area (Å²) in [5.41, 5.74) is 5.59. The van der Waals surface area contributed by atoms with Crippen molar-refractivity contribution < 1.29 is 9.53 Å². The van der Waals surface area contributed by atoms with Crippen molar-refractivity contribution in [1.29, 1.82) is 0 Å². The molecule has 0 spiro atoms. The normalized spacial score (nSPS) is 21.3. The molecule has 1 aliphatic rings. The second-order valence-corrected chi connectivity index (χ2v) is 4.76. The van der Waals surface area contributed by atoms with Crippen LogP contribution in [-0.2, 0) is 9.53 Å². The van der Waals surface area contributed by atoms with Crippen LogP contribution in [0.1, 0.15) is 39.5 Å². The van der Waals surface area contributed by atoms with Gasteiger partial charge in [-0.2, -0.15) is 0 Å². The van der Waals surface area contributed by atoms with Gasteiger partial charge in [0.15, 0.2) is 0 Å². The molecule has 4 nitrogen and oxygen atoms in total. The third-order valence-electron chi connectivity index (χ3n) is 3.46. The lowest BCUT2D eigenvalue weighted by atomic mass is 9.97. The number of nitrogens with zero attached hydrogens (tertiary/aromatic N) is 1. The Bertz CT molecular complexity index is 239. The molecule has 0 bridgehead atoms. The molecule has 1 aliphatic heterocycles. The van der Waals surface area contributed by atoms with Gasteiger partial charge in [0.25, 0.3) is 0 Å². The Kier molecular flexibility index (Phi) is 9.42. The summed E-state index contributed by atoms with van der Waals surface area (Å²) in [5, 5.41) is 0. The first kappa shape index (κ1) is 17.7. The first-order valence-electron chi connectivity index (χ1n) is 6.83. The zero-order valence-electron chi connectivity index (χ0n) is 11.6. The molecule has 1 fully saturated rings. The Hall–Kier alpha value is -0.320. The van der Waals surface area contributed by atoms with E-state index in [-0.39, 0.29) is 24.4 Å². The Labute approximate surface area is 117 Å². The fraction of sp³-hybridized carbons (Fsp3) is 0.923. The van der Waals surface area contributed by atoms with Crippen LogP contribution in [0.15, 0.2) is 0 Å². The first-order chi connectivity index (χ1) is 8.22. The summed E-state index contributed by atoms with van der Waals surface area (Å²) in [6.45, 7) is 6.76. The average molecular weight is 279 g/mol. The van der Waals surface area contributed by atoms with Gasteiger partial charge >= 0.3 is 0 Å². The van der Waals surface area contributed by atoms with E-state index < -0.39 is 0 Å². The van der Waals surface area contributed by atoms with E-state index in [4.69, 9.17) is 10.5 Å². The minimum atomic E-state index is 0. The van der Waals surface area contributed by atoms with Crippen molar-refractivity contribution >= 4 is 18.3 Å². The van der Waals surface area contributed by atoms with Crippen LogP contribution in [0.25, 0.3) is 0 Å². The lowest BCUT2D eigenvalue weighted by Crippen LogP contribution is -2.49. The highest BCUT2D eigenvalue weighted by Crippen LogP contribution is 2.17. The minimum Gasteiger partial charge on any atom is -0.373 e. The van der Waals surface area contributed by atoms with Crippen molar-refractivity contribution in [1.82, 2.24) is 4.90 Å². The molecule has 5 heteroatoms. The highest BCUT2D eigenvalue weighted by Gasteiger charge is 2.27. The van der Waals surface area contributed by atoms with Crippen molar-refractivity contribution in [3.8, 4) is 0 Å². The summed E-state index contributed by atoms with van der Waals surface area (Å²) in [4.78, 5) is 14.3. The maximum atomic E-state index is 12.3. The van der Waals surface area contributed by atoms with E-state index in [1.165, 1.54) is 0 Å². The standard InChI is InChI=1S/C13H26N2O2.ClH/c1-3-5-6-11(4-2)13(16)15-7-8-17-12(9-14)10-15;/h11-12H,3-10,14H2,1-2H3;1H. The Morgan fingerprint density at radius 2 is 2.22 bits per heavy atom. The van der Waals surface area contributed by atoms with Crippen LogP contribution in [0.5, 0.6) is 0 Å². The minimum absolute atomic E-state index is 0. The Balaban J connectivity index is 0.00000289. The molecule has 0 aromatic rings. The number of rotatable bonds is 6. The van der Waals surface area contributed by atoms with Gasteiger partial charge < -0.3 is 15.4 Å². The molecule has 0 aromatic heterocycles. The van der Waals surface area contributed by atoms with E-state index in [1.807, 2.05) is 4.90 Å². The predicted molar refractivity (Wildman–Crippen MR) is 75.9 cm³/mol. The molecule has 0 aromatic carbocycles. The van der Waals surface area contributed by atoms with Gasteiger partial charge in [-0.05, 0) is 12.8 Å². The number of nitrogens with two attached hydrogens (primary N) is 1. The van der Waals surface area contributed by atoms with E-state index in [9.17, 15) is 4.79 Å². The largest absolute Gasteiger partial charge is 0.373 e. The number of unbranched alkanes of at least 4 members (excludes halogenated alkanes) is 1. The molecule has 0 radical (unpaired) electrons. The summed E-state index contributed by atoms with van der Waals surface area (Å²) < 4.78 is 5.48. The second-order valence-electron chi connectivity index (χ2n) is 4.76. The average Bonchev–Trinajstić information content (AvgIpc) is 2.39. The van der Waals surface area contributed by atoms with Gasteiger partial charge in [0.2, 0.25) is 5.91 Å². The first-order valence-corrected chi connectivity index (χ1v) is 6.83. The van der Waals surface area contributed by atoms with E-state index >= 15 is 0 Å². The molecule has 0 saturated carbocycles. The van der Waals surface area contributed by atoms with Crippen LogP contribution in [0.2, 0.25) is 0 Å². The summed E-state index contributed by atoms with van der Waals surface area (Å²) in [7, 11) is 0. The number of amides is 1. The molecular formula is C13H27ClN2O2. The smallest absolute Gasteiger partial charge is 0.225 e. The number of carbonyl (C=O) groups excluding carboxylic acids is 1. The topological polar surface area (TPSA) is 55.6 Å². The quantitative estimate of drug-likeness (QED) is 0.806. The zero-order valence-corrected chi connectivity index (χ0v) is 12.4. The van der Waals surface area contributed by atoms with Crippen molar-refractivity contribution in [3.05, 3.63) is 0 Å². The van der Waals surface area contributed by atoms with Gasteiger partial charge in [0.05, 0.1) is 12.7 Å². The molecule has 18 heavy (non-hydrogen) atoms. The van der Waals surface area contributed by atoms with Crippen molar-refractivity contribution in [2.24, 2.45) is 11.7 Å². The van der Waals surface area contributed by atoms with Gasteiger partial charge in [-0.25, -0.2) is 0 Å². The Morgan fingerprint density at radius 1 is 1.50 bits per heavy atom. The number of hydrogen-bond acceptors (Lipinski definition) is 3. The molecule has 1 heterocycles. The molecule has 108 valence electrons. The van der Waals surface area contributed by atoms with Gasteiger partial charge in [-0.1, -0.05) is 26.7 Å². The number of halogens is 1. The summed E-state index contributed by atoms with van der Waals surface area (Å²) in [6.07, 6.45) is 4.25. The van der Waals surface area contributed by atoms with Crippen molar-refractivity contribution in [3.63, 3.8) is 0 Å². The van der Waals surface area contributed by atoms with Crippen LogP contribution in [0.4, 0.5) is 0 Å². The molecule has 0 aliphatic carbocycles. The highest BCUT2D eigenvalue weighted by atomic mass is 35.5. The van der Waals surface area contributed by atoms with Crippen LogP contribution in [0.3, 0.4) is 0 Å². The molecule has 1 saturated heterocycles. The number of hydrogen-bond donors (Lipinski definition) is 1. The third-order valence-corrected chi connectivity index (χ3v) is 3.46. The monoisotopic (exact) mass is 278 g/mol. The van der Waals surface area contributed by atoms with Gasteiger partial charge in [0, 0.05) is 25.6 Å². The summed E-state index contributed by atoms with van der Waals surface area (Å²) in [6, 6.07) is 0. The molecule has 2 atom stereocenters. The lowest BCUT2D eigenvalue weighted by molar-refractivity contribution is -0.143. The second kappa shape index (κ2) is 9.59. The number of morpholine rings is 1. The number of ether oxygens (including phenoxy) is 1. The van der Waals surface area contributed by atoms with E-state index in [0.29, 0.717) is 25.6 Å². The number of carbonyl (C=O) groups is 1. The third kappa shape index (κ3) is 5.12. The maximum Gasteiger partial charge on any atom is 0.225 e. The fourth-order valence-electron chi connectivity index (χ4n) is 2.27. The van der Waals surface area contributed by atoms with Crippen molar-refractivity contribution in [2.75, 3.05) is 26.2 Å². The summed E-state index contributed by atoms with van der Waals surface area (Å²) >= 11 is 0. The predicted octanol–water partition coefficient (Wildman–Crippen LogP) is 1.81.